The highest BCUT2D eigenvalue weighted by Crippen LogP contribution is 2.40. The van der Waals surface area contributed by atoms with Gasteiger partial charge in [0, 0.05) is 20.1 Å². The molecule has 2 N–H and O–H groups in total. The molecule has 0 spiro atoms. The van der Waals surface area contributed by atoms with Crippen LogP contribution in [0.4, 0.5) is 5.69 Å². The molecule has 3 rings (SSSR count). The molecule has 0 saturated heterocycles. The molecule has 0 radical (unpaired) electrons. The average Bonchev–Trinajstić information content (AvgIpc) is 2.72. The molecule has 2 aromatic rings. The number of phenolic OH excluding ortho intramolecular Hbond substituents is 1. The normalized spacial score (nSPS) is 15.2. The smallest absolute Gasteiger partial charge is 0.256 e. The molecule has 2 aromatic carbocycles. The predicted octanol–water partition coefficient (Wildman–Crippen LogP) is 5.17. The largest absolute Gasteiger partial charge is 0.507 e. The molecule has 1 aliphatic rings. The summed E-state index contributed by atoms with van der Waals surface area (Å²) in [5.74, 6) is 0.0203. The van der Waals surface area contributed by atoms with Gasteiger partial charge in [0.2, 0.25) is 0 Å². The van der Waals surface area contributed by atoms with Gasteiger partial charge in [0.25, 0.3) is 5.91 Å². The minimum atomic E-state index is -0.145. The summed E-state index contributed by atoms with van der Waals surface area (Å²) >= 11 is 10.2. The summed E-state index contributed by atoms with van der Waals surface area (Å²) in [6.07, 6.45) is 1.80. The minimum absolute atomic E-state index is 0.145. The van der Waals surface area contributed by atoms with Crippen LogP contribution in [0.15, 0.2) is 43.7 Å². The molecular formula is C15H8Br3NO2. The number of anilines is 1. The van der Waals surface area contributed by atoms with E-state index >= 15 is 0 Å². The Bertz CT molecular complexity index is 800. The van der Waals surface area contributed by atoms with Crippen LogP contribution in [0.5, 0.6) is 5.75 Å². The van der Waals surface area contributed by atoms with Crippen molar-refractivity contribution in [3.63, 3.8) is 0 Å². The molecule has 1 heterocycles. The second kappa shape index (κ2) is 5.59. The summed E-state index contributed by atoms with van der Waals surface area (Å²) in [6.45, 7) is 0. The molecule has 0 bridgehead atoms. The van der Waals surface area contributed by atoms with Crippen LogP contribution < -0.4 is 5.32 Å². The maximum absolute atomic E-state index is 12.2. The third kappa shape index (κ3) is 2.80. The van der Waals surface area contributed by atoms with Gasteiger partial charge in [0.15, 0.2) is 0 Å². The molecule has 0 fully saturated rings. The quantitative estimate of drug-likeness (QED) is 0.561. The fourth-order valence-corrected chi connectivity index (χ4v) is 3.86. The van der Waals surface area contributed by atoms with Gasteiger partial charge in [-0.1, -0.05) is 22.0 Å². The van der Waals surface area contributed by atoms with E-state index in [1.807, 2.05) is 12.1 Å². The molecule has 1 amide bonds. The van der Waals surface area contributed by atoms with Crippen molar-refractivity contribution >= 4 is 71.0 Å². The monoisotopic (exact) mass is 471 g/mol. The Morgan fingerprint density at radius 1 is 1.05 bits per heavy atom. The summed E-state index contributed by atoms with van der Waals surface area (Å²) in [5.41, 5.74) is 3.02. The first-order valence-corrected chi connectivity index (χ1v) is 8.34. The number of hydrogen-bond acceptors (Lipinski definition) is 2. The first kappa shape index (κ1) is 14.8. The molecule has 0 atom stereocenters. The Hall–Kier alpha value is -1.11. The van der Waals surface area contributed by atoms with Gasteiger partial charge < -0.3 is 10.4 Å². The zero-order valence-corrected chi connectivity index (χ0v) is 15.2. The van der Waals surface area contributed by atoms with Crippen LogP contribution in [0.25, 0.3) is 11.6 Å². The zero-order chi connectivity index (χ0) is 15.1. The first-order chi connectivity index (χ1) is 9.95. The van der Waals surface area contributed by atoms with Gasteiger partial charge in [-0.05, 0) is 67.8 Å². The van der Waals surface area contributed by atoms with Crippen molar-refractivity contribution in [3.05, 3.63) is 54.9 Å². The van der Waals surface area contributed by atoms with Gasteiger partial charge in [-0.3, -0.25) is 4.79 Å². The summed E-state index contributed by atoms with van der Waals surface area (Å²) < 4.78 is 2.31. The highest BCUT2D eigenvalue weighted by molar-refractivity contribution is 9.11. The van der Waals surface area contributed by atoms with Crippen molar-refractivity contribution in [1.29, 1.82) is 0 Å². The van der Waals surface area contributed by atoms with Crippen molar-refractivity contribution in [2.45, 2.75) is 0 Å². The maximum Gasteiger partial charge on any atom is 0.256 e. The Morgan fingerprint density at radius 3 is 2.52 bits per heavy atom. The molecular weight excluding hydrogens is 466 g/mol. The molecule has 0 saturated carbocycles. The van der Waals surface area contributed by atoms with Crippen LogP contribution in [0.3, 0.4) is 0 Å². The van der Waals surface area contributed by atoms with Gasteiger partial charge in [-0.25, -0.2) is 0 Å². The average molecular weight is 474 g/mol. The van der Waals surface area contributed by atoms with Gasteiger partial charge in [-0.2, -0.15) is 0 Å². The summed E-state index contributed by atoms with van der Waals surface area (Å²) in [4.78, 5) is 12.2. The molecule has 0 aromatic heterocycles. The van der Waals surface area contributed by atoms with Crippen LogP contribution in [0, 0.1) is 0 Å². The standard InChI is InChI=1S/C15H8Br3NO2/c16-8-5-9-10(15(21)19-14(9)12(18)6-8)3-7-1-2-13(20)11(17)4-7/h1-6,20H,(H,19,21). The van der Waals surface area contributed by atoms with E-state index in [4.69, 9.17) is 0 Å². The van der Waals surface area contributed by atoms with E-state index in [1.165, 1.54) is 0 Å². The Balaban J connectivity index is 2.14. The van der Waals surface area contributed by atoms with E-state index in [2.05, 4.69) is 53.1 Å². The number of carbonyl (C=O) groups excluding carboxylic acids is 1. The first-order valence-electron chi connectivity index (χ1n) is 5.96. The minimum Gasteiger partial charge on any atom is -0.507 e. The Kier molecular flexibility index (Phi) is 3.94. The van der Waals surface area contributed by atoms with E-state index in [0.717, 1.165) is 25.8 Å². The predicted molar refractivity (Wildman–Crippen MR) is 94.1 cm³/mol. The SMILES string of the molecule is O=C1Nc2c(Br)cc(Br)cc2C1=Cc1ccc(O)c(Br)c1. The fourth-order valence-electron chi connectivity index (χ4n) is 2.14. The number of benzene rings is 2. The molecule has 0 aliphatic carbocycles. The number of rotatable bonds is 1. The van der Waals surface area contributed by atoms with Crippen molar-refractivity contribution in [1.82, 2.24) is 0 Å². The lowest BCUT2D eigenvalue weighted by Gasteiger charge is -2.03. The van der Waals surface area contributed by atoms with Crippen LogP contribution in [-0.2, 0) is 4.79 Å². The molecule has 106 valence electrons. The lowest BCUT2D eigenvalue weighted by molar-refractivity contribution is -0.110. The van der Waals surface area contributed by atoms with Crippen molar-refractivity contribution in [3.8, 4) is 5.75 Å². The van der Waals surface area contributed by atoms with Crippen LogP contribution in [0.2, 0.25) is 0 Å². The van der Waals surface area contributed by atoms with E-state index in [9.17, 15) is 9.90 Å². The molecule has 1 aliphatic heterocycles. The highest BCUT2D eigenvalue weighted by Gasteiger charge is 2.26. The number of nitrogens with one attached hydrogen (secondary N) is 1. The van der Waals surface area contributed by atoms with Crippen molar-refractivity contribution in [2.24, 2.45) is 0 Å². The van der Waals surface area contributed by atoms with Crippen LogP contribution >= 0.6 is 47.8 Å². The van der Waals surface area contributed by atoms with E-state index in [-0.39, 0.29) is 11.7 Å². The van der Waals surface area contributed by atoms with Crippen LogP contribution in [-0.4, -0.2) is 11.0 Å². The zero-order valence-electron chi connectivity index (χ0n) is 10.5. The van der Waals surface area contributed by atoms with E-state index in [1.54, 1.807) is 24.3 Å². The lowest BCUT2D eigenvalue weighted by Crippen LogP contribution is -2.03. The van der Waals surface area contributed by atoms with E-state index < -0.39 is 0 Å². The molecule has 3 nitrogen and oxygen atoms in total. The van der Waals surface area contributed by atoms with Crippen molar-refractivity contribution in [2.75, 3.05) is 5.32 Å². The number of hydrogen-bond donors (Lipinski definition) is 2. The number of carbonyl (C=O) groups is 1. The van der Waals surface area contributed by atoms with Gasteiger partial charge >= 0.3 is 0 Å². The van der Waals surface area contributed by atoms with Gasteiger partial charge in [0.1, 0.15) is 5.75 Å². The Morgan fingerprint density at radius 2 is 1.81 bits per heavy atom. The summed E-state index contributed by atoms with van der Waals surface area (Å²) in [7, 11) is 0. The topological polar surface area (TPSA) is 49.3 Å². The number of amides is 1. The number of aromatic hydroxyl groups is 1. The second-order valence-corrected chi connectivity index (χ2v) is 7.16. The van der Waals surface area contributed by atoms with E-state index in [0.29, 0.717) is 10.0 Å². The maximum atomic E-state index is 12.2. The van der Waals surface area contributed by atoms with Gasteiger partial charge in [-0.15, -0.1) is 0 Å². The Labute approximate surface area is 146 Å². The summed E-state index contributed by atoms with van der Waals surface area (Å²) in [5, 5.41) is 12.4. The number of fused-ring (bicyclic) bond motifs is 1. The summed E-state index contributed by atoms with van der Waals surface area (Å²) in [6, 6.07) is 8.89. The molecule has 21 heavy (non-hydrogen) atoms. The lowest BCUT2D eigenvalue weighted by atomic mass is 10.0. The van der Waals surface area contributed by atoms with Crippen LogP contribution in [0.1, 0.15) is 11.1 Å². The third-order valence-electron chi connectivity index (χ3n) is 3.11. The number of halogens is 3. The number of phenols is 1. The fraction of sp³-hybridized carbons (Fsp3) is 0. The third-order valence-corrected chi connectivity index (χ3v) is 4.83. The second-order valence-electron chi connectivity index (χ2n) is 4.53. The highest BCUT2D eigenvalue weighted by atomic mass is 79.9. The molecule has 6 heteroatoms. The van der Waals surface area contributed by atoms with Crippen molar-refractivity contribution < 1.29 is 9.90 Å². The molecule has 0 unspecified atom stereocenters. The van der Waals surface area contributed by atoms with Gasteiger partial charge in [0.05, 0.1) is 10.2 Å².